The van der Waals surface area contributed by atoms with Crippen molar-refractivity contribution in [3.8, 4) is 11.5 Å². The van der Waals surface area contributed by atoms with Crippen molar-refractivity contribution in [2.24, 2.45) is 0 Å². The van der Waals surface area contributed by atoms with Crippen LogP contribution in [0.3, 0.4) is 0 Å². The van der Waals surface area contributed by atoms with E-state index in [1.807, 2.05) is 48.5 Å². The molecule has 5 rings (SSSR count). The van der Waals surface area contributed by atoms with E-state index in [-0.39, 0.29) is 0 Å². The second-order valence-corrected chi connectivity index (χ2v) is 7.47. The molecule has 6 heteroatoms. The van der Waals surface area contributed by atoms with Gasteiger partial charge in [0.05, 0.1) is 16.8 Å². The Kier molecular flexibility index (Phi) is 4.69. The molecule has 1 aliphatic rings. The SMILES string of the molecule is O=Cc1c(-c2nc(NCCN3CCCC3)c3ccccc3n2)[nH]c2ccccc12. The van der Waals surface area contributed by atoms with Gasteiger partial charge in [0, 0.05) is 29.4 Å². The molecule has 0 aliphatic carbocycles. The van der Waals surface area contributed by atoms with Gasteiger partial charge < -0.3 is 15.2 Å². The monoisotopic (exact) mass is 385 g/mol. The first-order chi connectivity index (χ1) is 14.3. The van der Waals surface area contributed by atoms with Crippen molar-refractivity contribution in [1.82, 2.24) is 19.9 Å². The summed E-state index contributed by atoms with van der Waals surface area (Å²) in [4.78, 5) is 27.2. The van der Waals surface area contributed by atoms with Crippen LogP contribution in [0, 0.1) is 0 Å². The predicted octanol–water partition coefficient (Wildman–Crippen LogP) is 4.10. The molecule has 29 heavy (non-hydrogen) atoms. The highest BCUT2D eigenvalue weighted by atomic mass is 16.1. The molecule has 0 bridgehead atoms. The molecular weight excluding hydrogens is 362 g/mol. The summed E-state index contributed by atoms with van der Waals surface area (Å²) in [5.74, 6) is 1.34. The smallest absolute Gasteiger partial charge is 0.179 e. The summed E-state index contributed by atoms with van der Waals surface area (Å²) in [5.41, 5.74) is 3.02. The van der Waals surface area contributed by atoms with Crippen LogP contribution in [0.2, 0.25) is 0 Å². The number of rotatable bonds is 6. The lowest BCUT2D eigenvalue weighted by Crippen LogP contribution is -2.26. The highest BCUT2D eigenvalue weighted by Gasteiger charge is 2.17. The van der Waals surface area contributed by atoms with Crippen LogP contribution in [0.25, 0.3) is 33.3 Å². The van der Waals surface area contributed by atoms with Gasteiger partial charge in [-0.3, -0.25) is 4.79 Å². The van der Waals surface area contributed by atoms with Crippen LogP contribution in [0.4, 0.5) is 5.82 Å². The molecule has 3 heterocycles. The summed E-state index contributed by atoms with van der Waals surface area (Å²) < 4.78 is 0. The molecule has 2 aromatic heterocycles. The van der Waals surface area contributed by atoms with E-state index in [1.165, 1.54) is 25.9 Å². The number of hydrogen-bond acceptors (Lipinski definition) is 5. The highest BCUT2D eigenvalue weighted by Crippen LogP contribution is 2.30. The number of benzene rings is 2. The first-order valence-corrected chi connectivity index (χ1v) is 10.1. The van der Waals surface area contributed by atoms with Crippen LogP contribution in [0.15, 0.2) is 48.5 Å². The Hall–Kier alpha value is -3.25. The Balaban J connectivity index is 1.55. The average molecular weight is 385 g/mol. The van der Waals surface area contributed by atoms with Crippen LogP contribution in [0.1, 0.15) is 23.2 Å². The summed E-state index contributed by atoms with van der Waals surface area (Å²) in [5, 5.41) is 5.38. The van der Waals surface area contributed by atoms with Gasteiger partial charge in [-0.2, -0.15) is 0 Å². The lowest BCUT2D eigenvalue weighted by Gasteiger charge is -2.16. The van der Waals surface area contributed by atoms with Gasteiger partial charge >= 0.3 is 0 Å². The van der Waals surface area contributed by atoms with E-state index >= 15 is 0 Å². The van der Waals surface area contributed by atoms with Crippen LogP contribution in [-0.4, -0.2) is 52.3 Å². The van der Waals surface area contributed by atoms with Gasteiger partial charge in [0.1, 0.15) is 5.82 Å². The van der Waals surface area contributed by atoms with Gasteiger partial charge in [0.2, 0.25) is 0 Å². The first kappa shape index (κ1) is 17.8. The largest absolute Gasteiger partial charge is 0.368 e. The Morgan fingerprint density at radius 2 is 1.76 bits per heavy atom. The number of anilines is 1. The first-order valence-electron chi connectivity index (χ1n) is 10.1. The molecular formula is C23H23N5O. The molecule has 0 unspecified atom stereocenters. The number of hydrogen-bond donors (Lipinski definition) is 2. The number of para-hydroxylation sites is 2. The minimum atomic E-state index is 0.533. The van der Waals surface area contributed by atoms with Gasteiger partial charge in [-0.1, -0.05) is 30.3 Å². The summed E-state index contributed by atoms with van der Waals surface area (Å²) in [6, 6.07) is 15.8. The number of carbonyl (C=O) groups is 1. The van der Waals surface area contributed by atoms with Gasteiger partial charge in [-0.15, -0.1) is 0 Å². The molecule has 0 radical (unpaired) electrons. The van der Waals surface area contributed by atoms with E-state index in [9.17, 15) is 4.79 Å². The van der Waals surface area contributed by atoms with Crippen LogP contribution < -0.4 is 5.32 Å². The lowest BCUT2D eigenvalue weighted by molar-refractivity contribution is 0.112. The molecule has 2 N–H and O–H groups in total. The van der Waals surface area contributed by atoms with Crippen molar-refractivity contribution in [2.75, 3.05) is 31.5 Å². The molecule has 0 atom stereocenters. The number of nitrogens with zero attached hydrogens (tertiary/aromatic N) is 3. The topological polar surface area (TPSA) is 73.9 Å². The van der Waals surface area contributed by atoms with E-state index in [0.29, 0.717) is 17.1 Å². The molecule has 1 fully saturated rings. The number of aromatic nitrogens is 3. The third-order valence-corrected chi connectivity index (χ3v) is 5.61. The third-order valence-electron chi connectivity index (χ3n) is 5.61. The fourth-order valence-corrected chi connectivity index (χ4v) is 4.12. The van der Waals surface area contributed by atoms with Gasteiger partial charge in [0.25, 0.3) is 0 Å². The van der Waals surface area contributed by atoms with E-state index in [1.54, 1.807) is 0 Å². The van der Waals surface area contributed by atoms with Crippen molar-refractivity contribution in [2.45, 2.75) is 12.8 Å². The molecule has 146 valence electrons. The highest BCUT2D eigenvalue weighted by molar-refractivity contribution is 6.04. The molecule has 1 aliphatic heterocycles. The van der Waals surface area contributed by atoms with Crippen molar-refractivity contribution in [3.05, 3.63) is 54.1 Å². The Morgan fingerprint density at radius 1 is 1.00 bits per heavy atom. The number of fused-ring (bicyclic) bond motifs is 2. The molecule has 0 saturated carbocycles. The summed E-state index contributed by atoms with van der Waals surface area (Å²) in [6.07, 6.45) is 3.46. The number of aldehydes is 1. The standard InChI is InChI=1S/C23H23N5O/c29-15-18-16-7-1-3-9-19(16)25-21(18)23-26-20-10-4-2-8-17(20)22(27-23)24-11-14-28-12-5-6-13-28/h1-4,7-10,15,25H,5-6,11-14H2,(H,24,26,27). The van der Waals surface area contributed by atoms with Crippen molar-refractivity contribution in [1.29, 1.82) is 0 Å². The van der Waals surface area contributed by atoms with Crippen molar-refractivity contribution < 1.29 is 4.79 Å². The third kappa shape index (κ3) is 3.36. The maximum absolute atomic E-state index is 11.8. The number of nitrogens with one attached hydrogen (secondary N) is 2. The van der Waals surface area contributed by atoms with Gasteiger partial charge in [-0.25, -0.2) is 9.97 Å². The zero-order chi connectivity index (χ0) is 19.6. The predicted molar refractivity (Wildman–Crippen MR) is 116 cm³/mol. The Bertz CT molecular complexity index is 1180. The van der Waals surface area contributed by atoms with Crippen molar-refractivity contribution in [3.63, 3.8) is 0 Å². The number of likely N-dealkylation sites (tertiary alicyclic amines) is 1. The van der Waals surface area contributed by atoms with Gasteiger partial charge in [-0.05, 0) is 44.1 Å². The second kappa shape index (κ2) is 7.64. The molecule has 0 amide bonds. The minimum Gasteiger partial charge on any atom is -0.368 e. The van der Waals surface area contributed by atoms with Crippen LogP contribution >= 0.6 is 0 Å². The normalized spacial score (nSPS) is 14.6. The summed E-state index contributed by atoms with van der Waals surface area (Å²) in [7, 11) is 0. The number of carbonyl (C=O) groups excluding carboxylic acids is 1. The van der Waals surface area contributed by atoms with Crippen LogP contribution in [0.5, 0.6) is 0 Å². The van der Waals surface area contributed by atoms with E-state index in [0.717, 1.165) is 47.0 Å². The minimum absolute atomic E-state index is 0.533. The molecule has 0 spiro atoms. The molecule has 2 aromatic carbocycles. The fraction of sp³-hybridized carbons (Fsp3) is 0.261. The van der Waals surface area contributed by atoms with Crippen LogP contribution in [-0.2, 0) is 0 Å². The summed E-state index contributed by atoms with van der Waals surface area (Å²) in [6.45, 7) is 4.18. The van der Waals surface area contributed by atoms with E-state index in [2.05, 4.69) is 15.2 Å². The number of H-pyrrole nitrogens is 1. The molecule has 1 saturated heterocycles. The zero-order valence-corrected chi connectivity index (χ0v) is 16.2. The van der Waals surface area contributed by atoms with E-state index < -0.39 is 0 Å². The number of aromatic amines is 1. The summed E-state index contributed by atoms with van der Waals surface area (Å²) >= 11 is 0. The Labute approximate surface area is 169 Å². The maximum Gasteiger partial charge on any atom is 0.179 e. The molecule has 6 nitrogen and oxygen atoms in total. The van der Waals surface area contributed by atoms with Crippen molar-refractivity contribution >= 4 is 33.9 Å². The zero-order valence-electron chi connectivity index (χ0n) is 16.2. The van der Waals surface area contributed by atoms with E-state index in [4.69, 9.17) is 9.97 Å². The lowest BCUT2D eigenvalue weighted by atomic mass is 10.1. The molecule has 4 aromatic rings. The fourth-order valence-electron chi connectivity index (χ4n) is 4.12. The quantitative estimate of drug-likeness (QED) is 0.489. The van der Waals surface area contributed by atoms with Gasteiger partial charge in [0.15, 0.2) is 12.1 Å². The second-order valence-electron chi connectivity index (χ2n) is 7.47. The Morgan fingerprint density at radius 3 is 2.59 bits per heavy atom. The average Bonchev–Trinajstić information content (AvgIpc) is 3.41. The maximum atomic E-state index is 11.8.